The van der Waals surface area contributed by atoms with Crippen molar-refractivity contribution in [1.82, 2.24) is 14.6 Å². The van der Waals surface area contributed by atoms with Crippen LogP contribution in [0.25, 0.3) is 10.8 Å². The zero-order valence-electron chi connectivity index (χ0n) is 12.0. The van der Waals surface area contributed by atoms with E-state index in [9.17, 15) is 8.42 Å². The molecule has 0 spiro atoms. The monoisotopic (exact) mass is 305 g/mol. The highest BCUT2D eigenvalue weighted by atomic mass is 32.2. The van der Waals surface area contributed by atoms with Crippen LogP contribution in [0.5, 0.6) is 0 Å². The number of nitrogens with zero attached hydrogens (tertiary/aromatic N) is 2. The molecule has 1 N–H and O–H groups in total. The van der Waals surface area contributed by atoms with Crippen LogP contribution in [0.3, 0.4) is 0 Å². The smallest absolute Gasteiger partial charge is 0.243 e. The van der Waals surface area contributed by atoms with Gasteiger partial charge in [-0.3, -0.25) is 4.98 Å². The number of sulfonamides is 1. The third-order valence-corrected chi connectivity index (χ3v) is 5.79. The maximum Gasteiger partial charge on any atom is 0.243 e. The Kier molecular flexibility index (Phi) is 3.93. The number of pyridine rings is 1. The molecule has 112 valence electrons. The van der Waals surface area contributed by atoms with E-state index in [4.69, 9.17) is 0 Å². The topological polar surface area (TPSA) is 62.3 Å². The molecule has 21 heavy (non-hydrogen) atoms. The van der Waals surface area contributed by atoms with Gasteiger partial charge in [0.2, 0.25) is 10.0 Å². The van der Waals surface area contributed by atoms with E-state index in [2.05, 4.69) is 10.3 Å². The van der Waals surface area contributed by atoms with Crippen LogP contribution in [-0.4, -0.2) is 43.9 Å². The molecule has 1 fully saturated rings. The van der Waals surface area contributed by atoms with Gasteiger partial charge in [-0.25, -0.2) is 8.42 Å². The van der Waals surface area contributed by atoms with E-state index >= 15 is 0 Å². The second-order valence-corrected chi connectivity index (χ2v) is 7.22. The molecule has 1 saturated heterocycles. The van der Waals surface area contributed by atoms with Gasteiger partial charge in [0.1, 0.15) is 0 Å². The molecule has 0 aliphatic carbocycles. The maximum atomic E-state index is 13.0. The molecular weight excluding hydrogens is 286 g/mol. The first-order chi connectivity index (χ1) is 10.1. The first kappa shape index (κ1) is 14.4. The van der Waals surface area contributed by atoms with E-state index in [-0.39, 0.29) is 0 Å². The van der Waals surface area contributed by atoms with E-state index < -0.39 is 10.0 Å². The molecule has 0 bridgehead atoms. The summed E-state index contributed by atoms with van der Waals surface area (Å²) in [5, 5.41) is 4.88. The summed E-state index contributed by atoms with van der Waals surface area (Å²) in [5.74, 6) is 0. The Bertz CT molecular complexity index is 745. The summed E-state index contributed by atoms with van der Waals surface area (Å²) in [4.78, 5) is 4.54. The molecular formula is C15H19N3O2S. The fourth-order valence-electron chi connectivity index (χ4n) is 2.79. The Labute approximate surface area is 125 Å². The van der Waals surface area contributed by atoms with Crippen LogP contribution in [0.2, 0.25) is 0 Å². The van der Waals surface area contributed by atoms with Crippen molar-refractivity contribution in [3.63, 3.8) is 0 Å². The molecule has 2 aromatic rings. The summed E-state index contributed by atoms with van der Waals surface area (Å²) in [5.41, 5.74) is 0.889. The van der Waals surface area contributed by atoms with Crippen molar-refractivity contribution in [2.45, 2.75) is 18.2 Å². The Morgan fingerprint density at radius 2 is 2.05 bits per heavy atom. The van der Waals surface area contributed by atoms with Crippen LogP contribution in [-0.2, 0) is 10.0 Å². The fraction of sp³-hybridized carbons (Fsp3) is 0.400. The Morgan fingerprint density at radius 3 is 2.90 bits per heavy atom. The minimum Gasteiger partial charge on any atom is -0.315 e. The number of aryl methyl sites for hydroxylation is 1. The summed E-state index contributed by atoms with van der Waals surface area (Å²) < 4.78 is 27.6. The molecule has 5 nitrogen and oxygen atoms in total. The molecule has 6 heteroatoms. The van der Waals surface area contributed by atoms with Crippen LogP contribution in [0, 0.1) is 6.92 Å². The lowest BCUT2D eigenvalue weighted by atomic mass is 10.1. The zero-order chi connectivity index (χ0) is 14.9. The number of nitrogens with one attached hydrogen (secondary N) is 1. The maximum absolute atomic E-state index is 13.0. The van der Waals surface area contributed by atoms with Crippen LogP contribution < -0.4 is 5.32 Å². The van der Waals surface area contributed by atoms with Gasteiger partial charge in [-0.05, 0) is 31.5 Å². The molecule has 0 amide bonds. The van der Waals surface area contributed by atoms with E-state index in [1.165, 1.54) is 0 Å². The lowest BCUT2D eigenvalue weighted by molar-refractivity contribution is 0.432. The average Bonchev–Trinajstić information content (AvgIpc) is 2.76. The highest BCUT2D eigenvalue weighted by Crippen LogP contribution is 2.28. The minimum atomic E-state index is -3.47. The molecule has 1 aromatic carbocycles. The number of aromatic nitrogens is 1. The summed E-state index contributed by atoms with van der Waals surface area (Å²) >= 11 is 0. The third-order valence-electron chi connectivity index (χ3n) is 3.85. The minimum absolute atomic E-state index is 0.391. The molecule has 3 rings (SSSR count). The van der Waals surface area contributed by atoms with Crippen molar-refractivity contribution in [2.75, 3.05) is 26.2 Å². The van der Waals surface area contributed by atoms with Gasteiger partial charge in [-0.1, -0.05) is 12.1 Å². The van der Waals surface area contributed by atoms with Crippen molar-refractivity contribution in [3.05, 3.63) is 36.2 Å². The first-order valence-electron chi connectivity index (χ1n) is 7.15. The van der Waals surface area contributed by atoms with Gasteiger partial charge in [0.25, 0.3) is 0 Å². The second-order valence-electron chi connectivity index (χ2n) is 5.32. The largest absolute Gasteiger partial charge is 0.315 e. The highest BCUT2D eigenvalue weighted by molar-refractivity contribution is 7.89. The lowest BCUT2D eigenvalue weighted by Gasteiger charge is -2.21. The zero-order valence-corrected chi connectivity index (χ0v) is 12.9. The summed E-state index contributed by atoms with van der Waals surface area (Å²) in [6.07, 6.45) is 4.27. The summed E-state index contributed by atoms with van der Waals surface area (Å²) in [6, 6.07) is 5.38. The number of hydrogen-bond acceptors (Lipinski definition) is 4. The number of rotatable bonds is 2. The molecule has 2 heterocycles. The average molecular weight is 305 g/mol. The van der Waals surface area contributed by atoms with Crippen molar-refractivity contribution >= 4 is 20.8 Å². The van der Waals surface area contributed by atoms with E-state index in [1.54, 1.807) is 28.8 Å². The molecule has 0 saturated carbocycles. The molecule has 0 radical (unpaired) electrons. The molecule has 1 aromatic heterocycles. The van der Waals surface area contributed by atoms with Crippen LogP contribution in [0.1, 0.15) is 12.0 Å². The van der Waals surface area contributed by atoms with E-state index in [1.807, 2.05) is 13.0 Å². The van der Waals surface area contributed by atoms with Gasteiger partial charge in [0.15, 0.2) is 0 Å². The van der Waals surface area contributed by atoms with E-state index in [0.29, 0.717) is 24.5 Å². The van der Waals surface area contributed by atoms with Gasteiger partial charge in [0.05, 0.1) is 4.90 Å². The number of benzene rings is 1. The van der Waals surface area contributed by atoms with Crippen molar-refractivity contribution < 1.29 is 8.42 Å². The summed E-state index contributed by atoms with van der Waals surface area (Å²) in [6.45, 7) is 4.55. The third kappa shape index (κ3) is 2.66. The molecule has 0 unspecified atom stereocenters. The normalized spacial score (nSPS) is 17.8. The second kappa shape index (κ2) is 5.71. The van der Waals surface area contributed by atoms with Crippen molar-refractivity contribution in [1.29, 1.82) is 0 Å². The van der Waals surface area contributed by atoms with Gasteiger partial charge in [-0.2, -0.15) is 4.31 Å². The number of hydrogen-bond donors (Lipinski definition) is 1. The Balaban J connectivity index is 2.14. The van der Waals surface area contributed by atoms with E-state index in [0.717, 1.165) is 29.3 Å². The lowest BCUT2D eigenvalue weighted by Crippen LogP contribution is -2.34. The SMILES string of the molecule is Cc1cncc2cccc(S(=O)(=O)N3CCCNCC3)c12. The quantitative estimate of drug-likeness (QED) is 0.914. The Hall–Kier alpha value is -1.50. The summed E-state index contributed by atoms with van der Waals surface area (Å²) in [7, 11) is -3.47. The number of fused-ring (bicyclic) bond motifs is 1. The van der Waals surface area contributed by atoms with Crippen molar-refractivity contribution in [2.24, 2.45) is 0 Å². The van der Waals surface area contributed by atoms with Crippen LogP contribution >= 0.6 is 0 Å². The highest BCUT2D eigenvalue weighted by Gasteiger charge is 2.27. The van der Waals surface area contributed by atoms with Gasteiger partial charge in [0, 0.05) is 42.8 Å². The first-order valence-corrected chi connectivity index (χ1v) is 8.59. The predicted molar refractivity (Wildman–Crippen MR) is 82.7 cm³/mol. The van der Waals surface area contributed by atoms with Gasteiger partial charge in [-0.15, -0.1) is 0 Å². The Morgan fingerprint density at radius 1 is 1.19 bits per heavy atom. The van der Waals surface area contributed by atoms with Crippen molar-refractivity contribution in [3.8, 4) is 0 Å². The van der Waals surface area contributed by atoms with Gasteiger partial charge < -0.3 is 5.32 Å². The van der Waals surface area contributed by atoms with Crippen LogP contribution in [0.15, 0.2) is 35.5 Å². The predicted octanol–water partition coefficient (Wildman–Crippen LogP) is 1.53. The van der Waals surface area contributed by atoms with Crippen LogP contribution in [0.4, 0.5) is 0 Å². The van der Waals surface area contributed by atoms with Gasteiger partial charge >= 0.3 is 0 Å². The molecule has 1 aliphatic heterocycles. The fourth-order valence-corrected chi connectivity index (χ4v) is 4.55. The molecule has 0 atom stereocenters. The standard InChI is InChI=1S/C15H19N3O2S/c1-12-10-17-11-13-4-2-5-14(15(12)13)21(19,20)18-8-3-6-16-7-9-18/h2,4-5,10-11,16H,3,6-9H2,1H3. The molecule has 1 aliphatic rings.